The number of carbonyl (C=O) groups is 2. The van der Waals surface area contributed by atoms with E-state index >= 15 is 0 Å². The van der Waals surface area contributed by atoms with E-state index in [9.17, 15) is 14.7 Å². The number of rotatable bonds is 19. The van der Waals surface area contributed by atoms with Crippen LogP contribution in [0.2, 0.25) is 0 Å². The van der Waals surface area contributed by atoms with E-state index in [2.05, 4.69) is 67.8 Å². The molecule has 4 N–H and O–H groups in total. The number of nitrogen functional groups attached to an aromatic ring is 1. The zero-order valence-electron chi connectivity index (χ0n) is 35.1. The number of aryl methyl sites for hydroxylation is 2. The number of amides is 1. The van der Waals surface area contributed by atoms with Gasteiger partial charge in [-0.1, -0.05) is 35.5 Å². The molecule has 3 heterocycles. The number of piperazine rings is 1. The number of carbonyl (C=O) groups excluding carboxylic acids is 1. The molecule has 0 spiro atoms. The van der Waals surface area contributed by atoms with E-state index < -0.39 is 11.9 Å². The normalized spacial score (nSPS) is 16.4. The average Bonchev–Trinajstić information content (AvgIpc) is 3.54. The van der Waals surface area contributed by atoms with Gasteiger partial charge in [0, 0.05) is 76.7 Å². The minimum Gasteiger partial charge on any atom is -0.488 e. The number of para-hydroxylation sites is 1. The molecule has 0 radical (unpaired) electrons. The molecule has 1 saturated heterocycles. The van der Waals surface area contributed by atoms with Gasteiger partial charge in [-0.05, 0) is 96.6 Å². The second-order valence-corrected chi connectivity index (χ2v) is 16.6. The van der Waals surface area contributed by atoms with Crippen LogP contribution in [0.15, 0.2) is 83.8 Å². The number of anilines is 2. The molecule has 16 heteroatoms. The first kappa shape index (κ1) is 43.7. The van der Waals surface area contributed by atoms with Crippen LogP contribution >= 0.6 is 11.9 Å². The van der Waals surface area contributed by atoms with E-state index in [0.29, 0.717) is 68.4 Å². The number of hydrogen-bond donors (Lipinski definition) is 3. The van der Waals surface area contributed by atoms with Gasteiger partial charge in [0.05, 0.1) is 37.7 Å². The van der Waals surface area contributed by atoms with Gasteiger partial charge >= 0.3 is 5.97 Å². The smallest absolute Gasteiger partial charge is 0.304 e. The van der Waals surface area contributed by atoms with Crippen molar-refractivity contribution in [2.24, 2.45) is 7.05 Å². The second kappa shape index (κ2) is 20.9. The predicted octanol–water partition coefficient (Wildman–Crippen LogP) is 5.11. The van der Waals surface area contributed by atoms with Gasteiger partial charge in [0.2, 0.25) is 0 Å². The first-order chi connectivity index (χ1) is 29.6. The largest absolute Gasteiger partial charge is 0.488 e. The van der Waals surface area contributed by atoms with Crippen molar-refractivity contribution >= 4 is 46.2 Å². The van der Waals surface area contributed by atoms with Crippen molar-refractivity contribution < 1.29 is 33.6 Å². The molecular weight excluding hydrogens is 797 g/mol. The summed E-state index contributed by atoms with van der Waals surface area (Å²) in [5.74, 6) is -0.503. The zero-order chi connectivity index (χ0) is 42.7. The first-order valence-electron chi connectivity index (χ1n) is 20.8. The second-order valence-electron chi connectivity index (χ2n) is 15.5. The van der Waals surface area contributed by atoms with Gasteiger partial charge in [-0.15, -0.1) is 5.10 Å². The van der Waals surface area contributed by atoms with Crippen molar-refractivity contribution in [3.63, 3.8) is 0 Å². The number of fused-ring (bicyclic) bond motifs is 2. The molecule has 2 atom stereocenters. The molecule has 15 nitrogen and oxygen atoms in total. The molecule has 7 rings (SSSR count). The van der Waals surface area contributed by atoms with Crippen molar-refractivity contribution in [3.8, 4) is 11.5 Å². The average molecular weight is 853 g/mol. The number of ether oxygens (including phenoxy) is 4. The number of nitrogens with one attached hydrogen (secondary N) is 1. The monoisotopic (exact) mass is 852 g/mol. The SMILES string of the molecule is Cc1ccc(C(CC(=O)O)c2cc(OCC(=O)NCCOCCOCCN3CCN(c4ccc(N)cc4)CC3)c3c(c2)nnn3C)cc1CN1CC(C)Oc2ccccc2S1. The molecule has 2 aliphatic rings. The molecule has 1 amide bonds. The number of carboxylic acids is 1. The maximum absolute atomic E-state index is 12.9. The van der Waals surface area contributed by atoms with Crippen LogP contribution in [0.1, 0.15) is 41.5 Å². The molecule has 2 aliphatic heterocycles. The van der Waals surface area contributed by atoms with Gasteiger partial charge in [0.1, 0.15) is 28.6 Å². The Morgan fingerprint density at radius 3 is 2.52 bits per heavy atom. The minimum atomic E-state index is -0.937. The number of nitrogens with two attached hydrogens (primary N) is 1. The fraction of sp³-hybridized carbons (Fsp3) is 0.422. The number of nitrogens with zero attached hydrogens (tertiary/aromatic N) is 6. The van der Waals surface area contributed by atoms with Gasteiger partial charge in [-0.2, -0.15) is 0 Å². The van der Waals surface area contributed by atoms with Crippen molar-refractivity contribution in [2.75, 3.05) is 89.5 Å². The van der Waals surface area contributed by atoms with E-state index in [4.69, 9.17) is 24.7 Å². The third-order valence-electron chi connectivity index (χ3n) is 10.9. The number of hydrogen-bond acceptors (Lipinski definition) is 13. The Labute approximate surface area is 361 Å². The van der Waals surface area contributed by atoms with Crippen LogP contribution in [0.5, 0.6) is 11.5 Å². The Morgan fingerprint density at radius 1 is 0.967 bits per heavy atom. The fourth-order valence-corrected chi connectivity index (χ4v) is 8.79. The Bertz CT molecular complexity index is 2250. The van der Waals surface area contributed by atoms with Crippen LogP contribution < -0.4 is 25.4 Å². The third kappa shape index (κ3) is 11.9. The summed E-state index contributed by atoms with van der Waals surface area (Å²) in [4.78, 5) is 31.1. The van der Waals surface area contributed by atoms with Crippen molar-refractivity contribution in [1.82, 2.24) is 29.5 Å². The number of benzene rings is 4. The van der Waals surface area contributed by atoms with Crippen LogP contribution in [0.4, 0.5) is 11.4 Å². The number of aromatic nitrogens is 3. The van der Waals surface area contributed by atoms with E-state index in [1.807, 2.05) is 48.5 Å². The molecule has 2 unspecified atom stereocenters. The quantitative estimate of drug-likeness (QED) is 0.0570. The van der Waals surface area contributed by atoms with Gasteiger partial charge in [0.15, 0.2) is 6.61 Å². The first-order valence-corrected chi connectivity index (χ1v) is 21.6. The Balaban J connectivity index is 0.886. The van der Waals surface area contributed by atoms with Gasteiger partial charge in [-0.3, -0.25) is 14.5 Å². The van der Waals surface area contributed by atoms with Crippen LogP contribution in [0, 0.1) is 6.92 Å². The molecule has 0 bridgehead atoms. The molecule has 0 aliphatic carbocycles. The molecule has 5 aromatic rings. The molecule has 1 fully saturated rings. The highest BCUT2D eigenvalue weighted by atomic mass is 32.2. The molecule has 4 aromatic carbocycles. The van der Waals surface area contributed by atoms with E-state index in [1.165, 1.54) is 5.69 Å². The summed E-state index contributed by atoms with van der Waals surface area (Å²) in [6, 6.07) is 25.9. The van der Waals surface area contributed by atoms with Crippen LogP contribution in [0.25, 0.3) is 11.0 Å². The third-order valence-corrected chi connectivity index (χ3v) is 12.0. The van der Waals surface area contributed by atoms with Crippen LogP contribution in [-0.2, 0) is 32.7 Å². The lowest BCUT2D eigenvalue weighted by atomic mass is 9.86. The molecule has 0 saturated carbocycles. The number of aliphatic carboxylic acids is 1. The van der Waals surface area contributed by atoms with Crippen molar-refractivity contribution in [2.45, 2.75) is 43.7 Å². The van der Waals surface area contributed by atoms with Crippen LogP contribution in [-0.4, -0.2) is 126 Å². The Hall–Kier alpha value is -5.39. The summed E-state index contributed by atoms with van der Waals surface area (Å²) in [7, 11) is 1.75. The van der Waals surface area contributed by atoms with Crippen molar-refractivity contribution in [1.29, 1.82) is 0 Å². The standard InChI is InChI=1S/C45H56N8O7S/c1-31-8-9-33(24-35(31)29-53-28-32(2)60-40-6-4-5-7-42(40)61-53)38(27-44(55)56)34-25-39-45(50(3)49-48-39)41(26-34)59-30-43(54)47-14-20-57-22-23-58-21-19-51-15-17-52(18-16-51)37-12-10-36(46)11-13-37/h4-13,24-26,32,38H,14-23,27-30,46H2,1-3H3,(H,47,54)(H,55,56). The van der Waals surface area contributed by atoms with Gasteiger partial charge < -0.3 is 40.0 Å². The molecule has 1 aromatic heterocycles. The van der Waals surface area contributed by atoms with E-state index in [-0.39, 0.29) is 25.0 Å². The minimum absolute atomic E-state index is 0.00619. The number of carboxylic acid groups (broad SMARTS) is 1. The summed E-state index contributed by atoms with van der Waals surface area (Å²) >= 11 is 1.67. The lowest BCUT2D eigenvalue weighted by Gasteiger charge is -2.36. The molecular formula is C45H56N8O7S. The van der Waals surface area contributed by atoms with Gasteiger partial charge in [-0.25, -0.2) is 8.99 Å². The lowest BCUT2D eigenvalue weighted by Crippen LogP contribution is -2.47. The highest BCUT2D eigenvalue weighted by Crippen LogP contribution is 2.38. The summed E-state index contributed by atoms with van der Waals surface area (Å²) < 4.78 is 27.6. The Morgan fingerprint density at radius 2 is 1.74 bits per heavy atom. The highest BCUT2D eigenvalue weighted by molar-refractivity contribution is 7.97. The summed E-state index contributed by atoms with van der Waals surface area (Å²) in [6.07, 6.45) is -0.160. The zero-order valence-corrected chi connectivity index (χ0v) is 35.9. The highest BCUT2D eigenvalue weighted by Gasteiger charge is 2.25. The maximum atomic E-state index is 12.9. The van der Waals surface area contributed by atoms with E-state index in [1.54, 1.807) is 29.7 Å². The summed E-state index contributed by atoms with van der Waals surface area (Å²) in [5.41, 5.74) is 12.7. The predicted molar refractivity (Wildman–Crippen MR) is 236 cm³/mol. The van der Waals surface area contributed by atoms with Crippen LogP contribution in [0.3, 0.4) is 0 Å². The molecule has 324 valence electrons. The van der Waals surface area contributed by atoms with E-state index in [0.717, 1.165) is 65.7 Å². The summed E-state index contributed by atoms with van der Waals surface area (Å²) in [6.45, 7) is 12.2. The fourth-order valence-electron chi connectivity index (χ4n) is 7.68. The lowest BCUT2D eigenvalue weighted by molar-refractivity contribution is -0.137. The summed E-state index contributed by atoms with van der Waals surface area (Å²) in [5, 5.41) is 21.5. The maximum Gasteiger partial charge on any atom is 0.304 e. The molecule has 61 heavy (non-hydrogen) atoms. The van der Waals surface area contributed by atoms with Gasteiger partial charge in [0.25, 0.3) is 5.91 Å². The topological polar surface area (TPSA) is 170 Å². The Kier molecular flexibility index (Phi) is 15.0. The van der Waals surface area contributed by atoms with Crippen molar-refractivity contribution in [3.05, 3.63) is 101 Å².